The summed E-state index contributed by atoms with van der Waals surface area (Å²) in [5.41, 5.74) is 16.5. The number of guanidine groups is 2. The lowest BCUT2D eigenvalue weighted by atomic mass is 9.95. The van der Waals surface area contributed by atoms with Crippen molar-refractivity contribution in [3.05, 3.63) is 18.2 Å². The topological polar surface area (TPSA) is 141 Å². The highest BCUT2D eigenvalue weighted by Crippen LogP contribution is 2.30. The molecule has 0 aliphatic heterocycles. The lowest BCUT2D eigenvalue weighted by Crippen LogP contribution is -2.27. The van der Waals surface area contributed by atoms with Crippen LogP contribution in [0.2, 0.25) is 0 Å². The van der Waals surface area contributed by atoms with Crippen LogP contribution in [0.1, 0.15) is 20.8 Å². The minimum absolute atomic E-state index is 0.0754. The Labute approximate surface area is 129 Å². The van der Waals surface area contributed by atoms with E-state index in [1.54, 1.807) is 18.2 Å². The molecule has 1 aromatic rings. The molecule has 0 atom stereocenters. The number of rotatable bonds is 3. The van der Waals surface area contributed by atoms with Crippen molar-refractivity contribution in [3.8, 4) is 5.75 Å². The standard InChI is InChI=1S/C14H22N6O2/c1-14(2,3)11(21)19-9-6-5-8(7-10(9)22-4)18-13(17)20-12(15)16/h5-7H,1-4H3,(H,19,21)(H6,15,16,17,18,20). The smallest absolute Gasteiger partial charge is 0.229 e. The summed E-state index contributed by atoms with van der Waals surface area (Å²) in [6.07, 6.45) is 0. The molecule has 0 radical (unpaired) electrons. The van der Waals surface area contributed by atoms with Crippen LogP contribution in [0.5, 0.6) is 5.75 Å². The molecule has 0 bridgehead atoms. The van der Waals surface area contributed by atoms with Crippen LogP contribution in [-0.2, 0) is 4.79 Å². The van der Waals surface area contributed by atoms with Crippen LogP contribution in [0.4, 0.5) is 11.4 Å². The van der Waals surface area contributed by atoms with E-state index in [9.17, 15) is 4.79 Å². The number of nitrogens with one attached hydrogen (secondary N) is 1. The van der Waals surface area contributed by atoms with Gasteiger partial charge in [-0.1, -0.05) is 20.8 Å². The summed E-state index contributed by atoms with van der Waals surface area (Å²) < 4.78 is 5.25. The molecule has 0 aliphatic rings. The minimum atomic E-state index is -0.514. The quantitative estimate of drug-likeness (QED) is 0.485. The monoisotopic (exact) mass is 306 g/mol. The Hall–Kier alpha value is -2.77. The van der Waals surface area contributed by atoms with Crippen molar-refractivity contribution in [3.63, 3.8) is 0 Å². The Morgan fingerprint density at radius 3 is 2.36 bits per heavy atom. The molecule has 1 amide bonds. The number of anilines is 1. The average Bonchev–Trinajstić information content (AvgIpc) is 2.38. The number of nitrogens with two attached hydrogens (primary N) is 3. The van der Waals surface area contributed by atoms with Crippen LogP contribution in [0, 0.1) is 5.41 Å². The zero-order valence-corrected chi connectivity index (χ0v) is 13.2. The summed E-state index contributed by atoms with van der Waals surface area (Å²) in [6, 6.07) is 4.95. The van der Waals surface area contributed by atoms with Gasteiger partial charge in [0.25, 0.3) is 0 Å². The van der Waals surface area contributed by atoms with Gasteiger partial charge in [0.1, 0.15) is 5.75 Å². The number of aliphatic imine (C=N–C) groups is 2. The molecule has 0 spiro atoms. The molecule has 0 saturated carbocycles. The van der Waals surface area contributed by atoms with Gasteiger partial charge in [-0.05, 0) is 12.1 Å². The van der Waals surface area contributed by atoms with E-state index in [-0.39, 0.29) is 17.8 Å². The Kier molecular flexibility index (Phi) is 5.33. The largest absolute Gasteiger partial charge is 0.494 e. The molecular weight excluding hydrogens is 284 g/mol. The summed E-state index contributed by atoms with van der Waals surface area (Å²) in [7, 11) is 1.49. The number of ether oxygens (including phenoxy) is 1. The van der Waals surface area contributed by atoms with Gasteiger partial charge in [0.2, 0.25) is 11.9 Å². The third-order valence-electron chi connectivity index (χ3n) is 2.60. The predicted octanol–water partition coefficient (Wildman–Crippen LogP) is 0.899. The Bertz CT molecular complexity index is 612. The van der Waals surface area contributed by atoms with Gasteiger partial charge in [0, 0.05) is 11.5 Å². The van der Waals surface area contributed by atoms with Crippen molar-refractivity contribution in [2.45, 2.75) is 20.8 Å². The van der Waals surface area contributed by atoms with Crippen molar-refractivity contribution in [2.75, 3.05) is 12.4 Å². The number of carbonyl (C=O) groups excluding carboxylic acids is 1. The number of benzene rings is 1. The predicted molar refractivity (Wildman–Crippen MR) is 88.2 cm³/mol. The molecule has 8 heteroatoms. The van der Waals surface area contributed by atoms with Crippen LogP contribution in [-0.4, -0.2) is 24.9 Å². The van der Waals surface area contributed by atoms with E-state index >= 15 is 0 Å². The molecule has 0 unspecified atom stereocenters. The summed E-state index contributed by atoms with van der Waals surface area (Å²) in [6.45, 7) is 5.47. The highest BCUT2D eigenvalue weighted by atomic mass is 16.5. The summed E-state index contributed by atoms with van der Waals surface area (Å²) in [5, 5.41) is 2.80. The van der Waals surface area contributed by atoms with E-state index in [2.05, 4.69) is 15.3 Å². The summed E-state index contributed by atoms with van der Waals surface area (Å²) in [5.74, 6) is 0.0780. The first kappa shape index (κ1) is 17.3. The molecule has 0 aromatic heterocycles. The normalized spacial score (nSPS) is 11.7. The van der Waals surface area contributed by atoms with Crippen LogP contribution in [0.25, 0.3) is 0 Å². The Balaban J connectivity index is 3.07. The van der Waals surface area contributed by atoms with Crippen LogP contribution in [0.3, 0.4) is 0 Å². The maximum Gasteiger partial charge on any atom is 0.229 e. The minimum Gasteiger partial charge on any atom is -0.494 e. The van der Waals surface area contributed by atoms with Gasteiger partial charge in [0.15, 0.2) is 5.96 Å². The van der Waals surface area contributed by atoms with E-state index in [0.717, 1.165) is 0 Å². The van der Waals surface area contributed by atoms with E-state index < -0.39 is 5.41 Å². The summed E-state index contributed by atoms with van der Waals surface area (Å²) in [4.78, 5) is 19.7. The third-order valence-corrected chi connectivity index (χ3v) is 2.60. The molecule has 1 aromatic carbocycles. The first-order valence-electron chi connectivity index (χ1n) is 6.56. The molecular formula is C14H22N6O2. The van der Waals surface area contributed by atoms with Gasteiger partial charge >= 0.3 is 0 Å². The second-order valence-electron chi connectivity index (χ2n) is 5.60. The molecule has 8 nitrogen and oxygen atoms in total. The number of amides is 1. The molecule has 22 heavy (non-hydrogen) atoms. The van der Waals surface area contributed by atoms with Crippen molar-refractivity contribution in [1.29, 1.82) is 0 Å². The lowest BCUT2D eigenvalue weighted by molar-refractivity contribution is -0.123. The van der Waals surface area contributed by atoms with Gasteiger partial charge in [-0.2, -0.15) is 4.99 Å². The SMILES string of the molecule is COc1cc(N=C(N)N=C(N)N)ccc1NC(=O)C(C)(C)C. The van der Waals surface area contributed by atoms with Crippen molar-refractivity contribution in [2.24, 2.45) is 32.6 Å². The van der Waals surface area contributed by atoms with Crippen molar-refractivity contribution in [1.82, 2.24) is 0 Å². The molecule has 0 aliphatic carbocycles. The van der Waals surface area contributed by atoms with Gasteiger partial charge in [0.05, 0.1) is 18.5 Å². The van der Waals surface area contributed by atoms with Crippen molar-refractivity contribution >= 4 is 29.2 Å². The second kappa shape index (κ2) is 6.79. The molecule has 0 saturated heterocycles. The maximum absolute atomic E-state index is 12.0. The van der Waals surface area contributed by atoms with Gasteiger partial charge in [-0.15, -0.1) is 0 Å². The zero-order chi connectivity index (χ0) is 16.9. The van der Waals surface area contributed by atoms with E-state index in [1.165, 1.54) is 7.11 Å². The fourth-order valence-corrected chi connectivity index (χ4v) is 1.45. The fourth-order valence-electron chi connectivity index (χ4n) is 1.45. The van der Waals surface area contributed by atoms with E-state index in [4.69, 9.17) is 21.9 Å². The number of hydrogen-bond donors (Lipinski definition) is 4. The van der Waals surface area contributed by atoms with Gasteiger partial charge in [-0.25, -0.2) is 4.99 Å². The van der Waals surface area contributed by atoms with Gasteiger partial charge < -0.3 is 27.3 Å². The molecule has 7 N–H and O–H groups in total. The Morgan fingerprint density at radius 1 is 1.23 bits per heavy atom. The highest BCUT2D eigenvalue weighted by Gasteiger charge is 2.22. The van der Waals surface area contributed by atoms with Crippen LogP contribution in [0.15, 0.2) is 28.2 Å². The Morgan fingerprint density at radius 2 is 1.86 bits per heavy atom. The maximum atomic E-state index is 12.0. The molecule has 0 heterocycles. The average molecular weight is 306 g/mol. The number of methoxy groups -OCH3 is 1. The number of nitrogens with zero attached hydrogens (tertiary/aromatic N) is 2. The zero-order valence-electron chi connectivity index (χ0n) is 13.2. The first-order valence-corrected chi connectivity index (χ1v) is 6.56. The van der Waals surface area contributed by atoms with Crippen LogP contribution >= 0.6 is 0 Å². The third kappa shape index (κ3) is 4.97. The number of carbonyl (C=O) groups is 1. The molecule has 120 valence electrons. The second-order valence-corrected chi connectivity index (χ2v) is 5.60. The van der Waals surface area contributed by atoms with Crippen molar-refractivity contribution < 1.29 is 9.53 Å². The highest BCUT2D eigenvalue weighted by molar-refractivity contribution is 5.96. The van der Waals surface area contributed by atoms with Crippen LogP contribution < -0.4 is 27.3 Å². The lowest BCUT2D eigenvalue weighted by Gasteiger charge is -2.19. The number of hydrogen-bond acceptors (Lipinski definition) is 3. The summed E-state index contributed by atoms with van der Waals surface area (Å²) >= 11 is 0. The fraction of sp³-hybridized carbons (Fsp3) is 0.357. The van der Waals surface area contributed by atoms with Gasteiger partial charge in [-0.3, -0.25) is 4.79 Å². The first-order chi connectivity index (χ1) is 10.1. The van der Waals surface area contributed by atoms with E-state index in [0.29, 0.717) is 17.1 Å². The molecule has 1 rings (SSSR count). The van der Waals surface area contributed by atoms with E-state index in [1.807, 2.05) is 20.8 Å². The molecule has 0 fully saturated rings.